The van der Waals surface area contributed by atoms with Crippen molar-refractivity contribution in [3.8, 4) is 0 Å². The van der Waals surface area contributed by atoms with Gasteiger partial charge in [0.15, 0.2) is 0 Å². The predicted molar refractivity (Wildman–Crippen MR) is 55.0 cm³/mol. The van der Waals surface area contributed by atoms with Crippen LogP contribution in [0.5, 0.6) is 0 Å². The second-order valence-electron chi connectivity index (χ2n) is 3.14. The molecule has 0 spiro atoms. The Balaban J connectivity index is 2.12. The van der Waals surface area contributed by atoms with E-state index in [2.05, 4.69) is 15.3 Å². The Bertz CT molecular complexity index is 445. The second-order valence-corrected chi connectivity index (χ2v) is 3.14. The van der Waals surface area contributed by atoms with Crippen molar-refractivity contribution in [2.24, 2.45) is 0 Å². The number of hydrogen-bond acceptors (Lipinski definition) is 3. The minimum atomic E-state index is -0.500. The molecule has 5 nitrogen and oxygen atoms in total. The van der Waals surface area contributed by atoms with E-state index in [4.69, 9.17) is 5.11 Å². The van der Waals surface area contributed by atoms with E-state index in [0.29, 0.717) is 12.4 Å². The van der Waals surface area contributed by atoms with Crippen LogP contribution in [-0.2, 0) is 11.3 Å². The van der Waals surface area contributed by atoms with E-state index in [1.807, 2.05) is 24.3 Å². The van der Waals surface area contributed by atoms with Crippen LogP contribution in [0.3, 0.4) is 0 Å². The topological polar surface area (TPSA) is 78.0 Å². The van der Waals surface area contributed by atoms with E-state index in [1.54, 1.807) is 0 Å². The van der Waals surface area contributed by atoms with Gasteiger partial charge in [-0.3, -0.25) is 4.79 Å². The lowest BCUT2D eigenvalue weighted by Crippen LogP contribution is -2.26. The summed E-state index contributed by atoms with van der Waals surface area (Å²) < 4.78 is 0. The van der Waals surface area contributed by atoms with E-state index in [0.717, 1.165) is 11.0 Å². The Morgan fingerprint density at radius 1 is 1.47 bits per heavy atom. The molecule has 0 bridgehead atoms. The fraction of sp³-hybridized carbons (Fsp3) is 0.200. The van der Waals surface area contributed by atoms with Crippen molar-refractivity contribution in [3.63, 3.8) is 0 Å². The summed E-state index contributed by atoms with van der Waals surface area (Å²) in [5.74, 6) is 0.272. The summed E-state index contributed by atoms with van der Waals surface area (Å²) in [5, 5.41) is 11.0. The molecular formula is C10H11N3O2. The summed E-state index contributed by atoms with van der Waals surface area (Å²) in [6.07, 6.45) is 0. The number of nitrogens with zero attached hydrogens (tertiary/aromatic N) is 1. The lowest BCUT2D eigenvalue weighted by atomic mass is 10.3. The largest absolute Gasteiger partial charge is 0.387 e. The number of aliphatic hydroxyl groups is 1. The number of carbonyl (C=O) groups is 1. The van der Waals surface area contributed by atoms with Crippen molar-refractivity contribution in [1.29, 1.82) is 0 Å². The second kappa shape index (κ2) is 4.10. The first-order valence-corrected chi connectivity index (χ1v) is 4.61. The van der Waals surface area contributed by atoms with E-state index in [-0.39, 0.29) is 0 Å². The summed E-state index contributed by atoms with van der Waals surface area (Å²) in [4.78, 5) is 18.1. The van der Waals surface area contributed by atoms with Crippen LogP contribution in [0, 0.1) is 0 Å². The maximum Gasteiger partial charge on any atom is 0.246 e. The fourth-order valence-electron chi connectivity index (χ4n) is 1.33. The Morgan fingerprint density at radius 2 is 2.27 bits per heavy atom. The minimum absolute atomic E-state index is 0.300. The highest BCUT2D eigenvalue weighted by molar-refractivity contribution is 5.77. The maximum atomic E-state index is 10.8. The number of aliphatic hydroxyl groups excluding tert-OH is 1. The Hall–Kier alpha value is -1.88. The number of H-pyrrole nitrogens is 1. The molecule has 0 aliphatic rings. The van der Waals surface area contributed by atoms with Gasteiger partial charge in [0.05, 0.1) is 17.6 Å². The van der Waals surface area contributed by atoms with Gasteiger partial charge in [0, 0.05) is 0 Å². The van der Waals surface area contributed by atoms with E-state index in [9.17, 15) is 4.79 Å². The van der Waals surface area contributed by atoms with Crippen molar-refractivity contribution in [2.45, 2.75) is 6.54 Å². The van der Waals surface area contributed by atoms with Crippen molar-refractivity contribution >= 4 is 16.9 Å². The first-order valence-electron chi connectivity index (χ1n) is 4.61. The third kappa shape index (κ3) is 2.13. The first kappa shape index (κ1) is 9.67. The molecule has 1 heterocycles. The SMILES string of the molecule is O=C(CO)NCc1nc2ccccc2[nH]1. The average molecular weight is 205 g/mol. The number of aromatic nitrogens is 2. The lowest BCUT2D eigenvalue weighted by molar-refractivity contribution is -0.124. The zero-order valence-corrected chi connectivity index (χ0v) is 8.03. The van der Waals surface area contributed by atoms with Crippen LogP contribution in [-0.4, -0.2) is 27.6 Å². The Kier molecular flexibility index (Phi) is 2.64. The highest BCUT2D eigenvalue weighted by Crippen LogP contribution is 2.09. The third-order valence-corrected chi connectivity index (χ3v) is 2.04. The molecule has 1 aromatic carbocycles. The van der Waals surface area contributed by atoms with Gasteiger partial charge in [0.2, 0.25) is 5.91 Å². The Morgan fingerprint density at radius 3 is 3.00 bits per heavy atom. The minimum Gasteiger partial charge on any atom is -0.387 e. The van der Waals surface area contributed by atoms with Gasteiger partial charge in [0.25, 0.3) is 0 Å². The quantitative estimate of drug-likeness (QED) is 0.668. The highest BCUT2D eigenvalue weighted by atomic mass is 16.3. The number of amides is 1. The van der Waals surface area contributed by atoms with Gasteiger partial charge in [-0.15, -0.1) is 0 Å². The molecule has 3 N–H and O–H groups in total. The van der Waals surface area contributed by atoms with Gasteiger partial charge in [-0.2, -0.15) is 0 Å². The zero-order chi connectivity index (χ0) is 10.7. The standard InChI is InChI=1S/C10H11N3O2/c14-6-10(15)11-5-9-12-7-3-1-2-4-8(7)13-9/h1-4,14H,5-6H2,(H,11,15)(H,12,13). The molecular weight excluding hydrogens is 194 g/mol. The van der Waals surface area contributed by atoms with Gasteiger partial charge in [-0.1, -0.05) is 12.1 Å². The molecule has 0 radical (unpaired) electrons. The summed E-state index contributed by atoms with van der Waals surface area (Å²) in [6, 6.07) is 7.62. The van der Waals surface area contributed by atoms with Gasteiger partial charge < -0.3 is 15.4 Å². The first-order chi connectivity index (χ1) is 7.29. The molecule has 0 aliphatic heterocycles. The summed E-state index contributed by atoms with van der Waals surface area (Å²) >= 11 is 0. The molecule has 0 unspecified atom stereocenters. The fourth-order valence-corrected chi connectivity index (χ4v) is 1.33. The van der Waals surface area contributed by atoms with Crippen LogP contribution in [0.2, 0.25) is 0 Å². The molecule has 78 valence electrons. The molecule has 1 aromatic heterocycles. The molecule has 0 atom stereocenters. The van der Waals surface area contributed by atoms with Gasteiger partial charge >= 0.3 is 0 Å². The number of nitrogens with one attached hydrogen (secondary N) is 2. The van der Waals surface area contributed by atoms with Gasteiger partial charge in [0.1, 0.15) is 12.4 Å². The van der Waals surface area contributed by atoms with E-state index in [1.165, 1.54) is 0 Å². The highest BCUT2D eigenvalue weighted by Gasteiger charge is 2.03. The molecule has 2 aromatic rings. The zero-order valence-electron chi connectivity index (χ0n) is 8.03. The van der Waals surface area contributed by atoms with Crippen LogP contribution in [0.25, 0.3) is 11.0 Å². The average Bonchev–Trinajstić information content (AvgIpc) is 2.68. The van der Waals surface area contributed by atoms with Crippen LogP contribution in [0.1, 0.15) is 5.82 Å². The molecule has 0 saturated heterocycles. The molecule has 1 amide bonds. The van der Waals surface area contributed by atoms with E-state index < -0.39 is 12.5 Å². The summed E-state index contributed by atoms with van der Waals surface area (Å²) in [6.45, 7) is -0.200. The molecule has 0 aliphatic carbocycles. The van der Waals surface area contributed by atoms with Gasteiger partial charge in [-0.25, -0.2) is 4.98 Å². The van der Waals surface area contributed by atoms with Crippen molar-refractivity contribution in [2.75, 3.05) is 6.61 Å². The normalized spacial score (nSPS) is 10.5. The molecule has 2 rings (SSSR count). The number of carbonyl (C=O) groups excluding carboxylic acids is 1. The molecule has 0 fully saturated rings. The van der Waals surface area contributed by atoms with Crippen LogP contribution >= 0.6 is 0 Å². The number of fused-ring (bicyclic) bond motifs is 1. The van der Waals surface area contributed by atoms with Crippen molar-refractivity contribution in [1.82, 2.24) is 15.3 Å². The lowest BCUT2D eigenvalue weighted by Gasteiger charge is -1.98. The van der Waals surface area contributed by atoms with Crippen molar-refractivity contribution in [3.05, 3.63) is 30.1 Å². The monoisotopic (exact) mass is 205 g/mol. The smallest absolute Gasteiger partial charge is 0.246 e. The number of aromatic amines is 1. The number of imidazole rings is 1. The van der Waals surface area contributed by atoms with Crippen LogP contribution in [0.4, 0.5) is 0 Å². The van der Waals surface area contributed by atoms with Crippen LogP contribution in [0.15, 0.2) is 24.3 Å². The predicted octanol–water partition coefficient (Wildman–Crippen LogP) is 0.171. The summed E-state index contributed by atoms with van der Waals surface area (Å²) in [7, 11) is 0. The maximum absolute atomic E-state index is 10.8. The molecule has 15 heavy (non-hydrogen) atoms. The van der Waals surface area contributed by atoms with Crippen molar-refractivity contribution < 1.29 is 9.90 Å². The number of hydrogen-bond donors (Lipinski definition) is 3. The number of para-hydroxylation sites is 2. The third-order valence-electron chi connectivity index (χ3n) is 2.04. The molecule has 5 heteroatoms. The Labute approximate surface area is 86.1 Å². The molecule has 0 saturated carbocycles. The van der Waals surface area contributed by atoms with E-state index >= 15 is 0 Å². The number of benzene rings is 1. The van der Waals surface area contributed by atoms with Gasteiger partial charge in [-0.05, 0) is 12.1 Å². The summed E-state index contributed by atoms with van der Waals surface area (Å²) in [5.41, 5.74) is 1.80. The number of rotatable bonds is 3. The van der Waals surface area contributed by atoms with Crippen LogP contribution < -0.4 is 5.32 Å².